The Bertz CT molecular complexity index is 574. The summed E-state index contributed by atoms with van der Waals surface area (Å²) in [6.45, 7) is 7.57. The zero-order chi connectivity index (χ0) is 14.7. The molecular weight excluding hydrogens is 284 g/mol. The predicted octanol–water partition coefficient (Wildman–Crippen LogP) is 2.74. The Morgan fingerprint density at radius 2 is 2.05 bits per heavy atom. The summed E-state index contributed by atoms with van der Waals surface area (Å²) >= 11 is 6.13. The van der Waals surface area contributed by atoms with Gasteiger partial charge in [0, 0.05) is 49.6 Å². The highest BCUT2D eigenvalue weighted by Gasteiger charge is 2.18. The number of hydrogen-bond acceptors (Lipinski definition) is 3. The maximum absolute atomic E-state index is 6.13. The van der Waals surface area contributed by atoms with E-state index < -0.39 is 0 Å². The van der Waals surface area contributed by atoms with E-state index in [1.807, 2.05) is 18.5 Å². The number of anilines is 1. The van der Waals surface area contributed by atoms with Crippen LogP contribution in [-0.4, -0.2) is 47.8 Å². The highest BCUT2D eigenvalue weighted by Crippen LogP contribution is 2.25. The van der Waals surface area contributed by atoms with Crippen molar-refractivity contribution >= 4 is 17.3 Å². The van der Waals surface area contributed by atoms with Crippen molar-refractivity contribution in [1.29, 1.82) is 0 Å². The number of aryl methyl sites for hydroxylation is 1. The summed E-state index contributed by atoms with van der Waals surface area (Å²) in [6.07, 6.45) is 4.95. The zero-order valence-corrected chi connectivity index (χ0v) is 13.1. The van der Waals surface area contributed by atoms with Gasteiger partial charge in [0.1, 0.15) is 0 Å². The van der Waals surface area contributed by atoms with Crippen LogP contribution in [0.5, 0.6) is 0 Å². The predicted molar refractivity (Wildman–Crippen MR) is 87.1 cm³/mol. The smallest absolute Gasteiger partial charge is 0.0519 e. The summed E-state index contributed by atoms with van der Waals surface area (Å²) in [5, 5.41) is 7.68. The number of nitrogens with zero attached hydrogens (tertiary/aromatic N) is 3. The van der Waals surface area contributed by atoms with E-state index in [-0.39, 0.29) is 0 Å². The molecule has 1 aliphatic heterocycles. The van der Waals surface area contributed by atoms with Crippen LogP contribution in [0.1, 0.15) is 11.1 Å². The number of halogens is 1. The Morgan fingerprint density at radius 1 is 1.24 bits per heavy atom. The first-order chi connectivity index (χ1) is 10.2. The van der Waals surface area contributed by atoms with Crippen molar-refractivity contribution in [3.63, 3.8) is 0 Å². The van der Waals surface area contributed by atoms with Gasteiger partial charge in [-0.2, -0.15) is 5.10 Å². The van der Waals surface area contributed by atoms with Gasteiger partial charge in [-0.3, -0.25) is 10.00 Å². The van der Waals surface area contributed by atoms with Crippen LogP contribution in [-0.2, 0) is 6.42 Å². The minimum Gasteiger partial charge on any atom is -0.369 e. The third kappa shape index (κ3) is 3.57. The van der Waals surface area contributed by atoms with Gasteiger partial charge in [0.15, 0.2) is 0 Å². The number of piperazine rings is 1. The van der Waals surface area contributed by atoms with Crippen LogP contribution in [0.15, 0.2) is 30.6 Å². The lowest BCUT2D eigenvalue weighted by molar-refractivity contribution is 0.261. The van der Waals surface area contributed by atoms with E-state index in [0.717, 1.165) is 44.2 Å². The summed E-state index contributed by atoms with van der Waals surface area (Å²) in [6, 6.07) is 6.14. The van der Waals surface area contributed by atoms with Gasteiger partial charge in [-0.15, -0.1) is 0 Å². The SMILES string of the molecule is Cc1ccc(Cl)cc1N1CCN(CCc2cn[nH]c2)CC1. The van der Waals surface area contributed by atoms with Crippen LogP contribution in [0.3, 0.4) is 0 Å². The van der Waals surface area contributed by atoms with E-state index in [4.69, 9.17) is 11.6 Å². The molecule has 0 amide bonds. The second kappa shape index (κ2) is 6.50. The number of benzene rings is 1. The van der Waals surface area contributed by atoms with E-state index in [1.165, 1.54) is 16.8 Å². The van der Waals surface area contributed by atoms with E-state index in [1.54, 1.807) is 0 Å². The van der Waals surface area contributed by atoms with Gasteiger partial charge < -0.3 is 4.90 Å². The largest absolute Gasteiger partial charge is 0.369 e. The van der Waals surface area contributed by atoms with Crippen molar-refractivity contribution < 1.29 is 0 Å². The summed E-state index contributed by atoms with van der Waals surface area (Å²) in [7, 11) is 0. The van der Waals surface area contributed by atoms with Crippen molar-refractivity contribution in [3.8, 4) is 0 Å². The maximum Gasteiger partial charge on any atom is 0.0519 e. The molecule has 0 unspecified atom stereocenters. The molecule has 2 aromatic rings. The van der Waals surface area contributed by atoms with Crippen LogP contribution < -0.4 is 4.90 Å². The third-order valence-corrected chi connectivity index (χ3v) is 4.39. The number of rotatable bonds is 4. The first kappa shape index (κ1) is 14.4. The molecule has 21 heavy (non-hydrogen) atoms. The monoisotopic (exact) mass is 304 g/mol. The molecule has 1 N–H and O–H groups in total. The van der Waals surface area contributed by atoms with Crippen molar-refractivity contribution in [2.24, 2.45) is 0 Å². The molecule has 2 heterocycles. The third-order valence-electron chi connectivity index (χ3n) is 4.16. The number of nitrogens with one attached hydrogen (secondary N) is 1. The molecule has 112 valence electrons. The zero-order valence-electron chi connectivity index (χ0n) is 12.3. The molecule has 1 fully saturated rings. The van der Waals surface area contributed by atoms with Gasteiger partial charge >= 0.3 is 0 Å². The first-order valence-electron chi connectivity index (χ1n) is 7.43. The molecule has 3 rings (SSSR count). The van der Waals surface area contributed by atoms with Gasteiger partial charge in [-0.05, 0) is 36.6 Å². The molecular formula is C16H21ClN4. The van der Waals surface area contributed by atoms with Gasteiger partial charge in [0.2, 0.25) is 0 Å². The first-order valence-corrected chi connectivity index (χ1v) is 7.81. The summed E-state index contributed by atoms with van der Waals surface area (Å²) < 4.78 is 0. The average molecular weight is 305 g/mol. The topological polar surface area (TPSA) is 35.2 Å². The van der Waals surface area contributed by atoms with Crippen molar-refractivity contribution in [1.82, 2.24) is 15.1 Å². The fourth-order valence-corrected chi connectivity index (χ4v) is 3.00. The van der Waals surface area contributed by atoms with Crippen molar-refractivity contribution in [2.45, 2.75) is 13.3 Å². The molecule has 1 aromatic heterocycles. The molecule has 1 aliphatic rings. The quantitative estimate of drug-likeness (QED) is 0.943. The summed E-state index contributed by atoms with van der Waals surface area (Å²) in [5.74, 6) is 0. The molecule has 0 atom stereocenters. The molecule has 0 radical (unpaired) electrons. The van der Waals surface area contributed by atoms with Gasteiger partial charge in [-0.25, -0.2) is 0 Å². The van der Waals surface area contributed by atoms with Crippen LogP contribution >= 0.6 is 11.6 Å². The van der Waals surface area contributed by atoms with Crippen LogP contribution in [0.25, 0.3) is 0 Å². The lowest BCUT2D eigenvalue weighted by Crippen LogP contribution is -2.47. The molecule has 1 aromatic carbocycles. The molecule has 0 spiro atoms. The molecule has 0 bridgehead atoms. The Balaban J connectivity index is 1.54. The van der Waals surface area contributed by atoms with Crippen LogP contribution in [0, 0.1) is 6.92 Å². The second-order valence-electron chi connectivity index (χ2n) is 5.62. The normalized spacial score (nSPS) is 16.4. The molecule has 5 heteroatoms. The molecule has 4 nitrogen and oxygen atoms in total. The number of aromatic nitrogens is 2. The molecule has 1 saturated heterocycles. The number of H-pyrrole nitrogens is 1. The Labute approximate surface area is 130 Å². The fourth-order valence-electron chi connectivity index (χ4n) is 2.84. The Hall–Kier alpha value is -1.52. The number of hydrogen-bond donors (Lipinski definition) is 1. The van der Waals surface area contributed by atoms with Gasteiger partial charge in [0.05, 0.1) is 6.20 Å². The highest BCUT2D eigenvalue weighted by atomic mass is 35.5. The molecule has 0 saturated carbocycles. The second-order valence-corrected chi connectivity index (χ2v) is 6.05. The molecule has 0 aliphatic carbocycles. The average Bonchev–Trinajstić information content (AvgIpc) is 3.02. The lowest BCUT2D eigenvalue weighted by atomic mass is 10.1. The van der Waals surface area contributed by atoms with Crippen LogP contribution in [0.4, 0.5) is 5.69 Å². The van der Waals surface area contributed by atoms with E-state index in [2.05, 4.69) is 39.1 Å². The Morgan fingerprint density at radius 3 is 2.76 bits per heavy atom. The summed E-state index contributed by atoms with van der Waals surface area (Å²) in [5.41, 5.74) is 3.85. The maximum atomic E-state index is 6.13. The Kier molecular flexibility index (Phi) is 4.46. The standard InChI is InChI=1S/C16H21ClN4/c1-13-2-3-15(17)10-16(13)21-8-6-20(7-9-21)5-4-14-11-18-19-12-14/h2-3,10-12H,4-9H2,1H3,(H,18,19). The van der Waals surface area contributed by atoms with Gasteiger partial charge in [0.25, 0.3) is 0 Å². The minimum absolute atomic E-state index is 0.818. The highest BCUT2D eigenvalue weighted by molar-refractivity contribution is 6.30. The van der Waals surface area contributed by atoms with Crippen molar-refractivity contribution in [3.05, 3.63) is 46.7 Å². The van der Waals surface area contributed by atoms with E-state index in [0.29, 0.717) is 0 Å². The van der Waals surface area contributed by atoms with Gasteiger partial charge in [-0.1, -0.05) is 17.7 Å². The summed E-state index contributed by atoms with van der Waals surface area (Å²) in [4.78, 5) is 4.96. The fraction of sp³-hybridized carbons (Fsp3) is 0.438. The van der Waals surface area contributed by atoms with Crippen molar-refractivity contribution in [2.75, 3.05) is 37.6 Å². The van der Waals surface area contributed by atoms with Crippen LogP contribution in [0.2, 0.25) is 5.02 Å². The van der Waals surface area contributed by atoms with E-state index >= 15 is 0 Å². The minimum atomic E-state index is 0.818. The number of aromatic amines is 1. The van der Waals surface area contributed by atoms with E-state index in [9.17, 15) is 0 Å². The lowest BCUT2D eigenvalue weighted by Gasteiger charge is -2.36.